The highest BCUT2D eigenvalue weighted by Crippen LogP contribution is 2.32. The molecular weight excluding hydrogens is 302 g/mol. The van der Waals surface area contributed by atoms with Crippen molar-refractivity contribution in [3.8, 4) is 0 Å². The van der Waals surface area contributed by atoms with Crippen LogP contribution in [0.15, 0.2) is 35.9 Å². The fourth-order valence-corrected chi connectivity index (χ4v) is 3.37. The van der Waals surface area contributed by atoms with E-state index in [0.29, 0.717) is 11.4 Å². The molecule has 7 heteroatoms. The van der Waals surface area contributed by atoms with Crippen LogP contribution in [0.5, 0.6) is 0 Å². The summed E-state index contributed by atoms with van der Waals surface area (Å²) in [6.07, 6.45) is 2.99. The summed E-state index contributed by atoms with van der Waals surface area (Å²) in [6, 6.07) is 6.49. The molecule has 0 radical (unpaired) electrons. The van der Waals surface area contributed by atoms with Gasteiger partial charge in [-0.25, -0.2) is 13.2 Å². The van der Waals surface area contributed by atoms with E-state index in [1.165, 1.54) is 4.31 Å². The maximum atomic E-state index is 11.9. The van der Waals surface area contributed by atoms with Gasteiger partial charge in [0.25, 0.3) is 0 Å². The van der Waals surface area contributed by atoms with Crippen molar-refractivity contribution in [3.05, 3.63) is 46.5 Å². The second kappa shape index (κ2) is 5.55. The van der Waals surface area contributed by atoms with Gasteiger partial charge in [0.05, 0.1) is 12.3 Å². The van der Waals surface area contributed by atoms with E-state index in [1.807, 2.05) is 0 Å². The molecule has 0 aliphatic carbocycles. The Hall–Kier alpha value is -1.37. The molecule has 0 amide bonds. The average molecular weight is 316 g/mol. The first kappa shape index (κ1) is 15.0. The van der Waals surface area contributed by atoms with Crippen molar-refractivity contribution >= 4 is 27.6 Å². The SMILES string of the molecule is CS(=O)(=O)N1CC(C(=O)O)=CCC1c1ccc(Cl)cc1. The Morgan fingerprint density at radius 2 is 1.95 bits per heavy atom. The molecule has 1 N–H and O–H groups in total. The molecule has 0 spiro atoms. The van der Waals surface area contributed by atoms with Crippen molar-refractivity contribution in [3.63, 3.8) is 0 Å². The summed E-state index contributed by atoms with van der Waals surface area (Å²) in [7, 11) is -3.50. The number of halogens is 1. The molecule has 0 fully saturated rings. The Labute approximate surface area is 122 Å². The molecule has 0 saturated heterocycles. The van der Waals surface area contributed by atoms with Crippen LogP contribution in [-0.4, -0.2) is 36.6 Å². The molecule has 1 atom stereocenters. The van der Waals surface area contributed by atoms with Gasteiger partial charge in [-0.2, -0.15) is 4.31 Å². The van der Waals surface area contributed by atoms with Gasteiger partial charge in [0.1, 0.15) is 0 Å². The number of benzene rings is 1. The van der Waals surface area contributed by atoms with Crippen LogP contribution in [-0.2, 0) is 14.8 Å². The minimum absolute atomic E-state index is 0.0978. The molecule has 0 saturated carbocycles. The van der Waals surface area contributed by atoms with Crippen molar-refractivity contribution in [2.45, 2.75) is 12.5 Å². The fraction of sp³-hybridized carbons (Fsp3) is 0.308. The molecule has 0 aromatic heterocycles. The van der Waals surface area contributed by atoms with Gasteiger partial charge in [-0.3, -0.25) is 0 Å². The summed E-state index contributed by atoms with van der Waals surface area (Å²) in [6.45, 7) is -0.124. The minimum atomic E-state index is -3.50. The van der Waals surface area contributed by atoms with Crippen LogP contribution in [0.1, 0.15) is 18.0 Å². The van der Waals surface area contributed by atoms with Crippen LogP contribution in [0.2, 0.25) is 5.02 Å². The van der Waals surface area contributed by atoms with Crippen LogP contribution in [0.3, 0.4) is 0 Å². The van der Waals surface area contributed by atoms with Gasteiger partial charge in [0.15, 0.2) is 0 Å². The molecule has 1 aliphatic rings. The molecular formula is C13H14ClNO4S. The molecule has 1 aromatic carbocycles. The van der Waals surface area contributed by atoms with Crippen molar-refractivity contribution in [2.24, 2.45) is 0 Å². The third kappa shape index (κ3) is 3.20. The Morgan fingerprint density at radius 3 is 2.45 bits per heavy atom. The third-order valence-corrected chi connectivity index (χ3v) is 4.70. The summed E-state index contributed by atoms with van der Waals surface area (Å²) in [5.74, 6) is -1.09. The lowest BCUT2D eigenvalue weighted by atomic mass is 9.98. The topological polar surface area (TPSA) is 74.7 Å². The number of carboxylic acid groups (broad SMARTS) is 1. The van der Waals surface area contributed by atoms with E-state index in [1.54, 1.807) is 30.3 Å². The zero-order chi connectivity index (χ0) is 14.9. The normalized spacial score (nSPS) is 20.5. The van der Waals surface area contributed by atoms with E-state index in [4.69, 9.17) is 16.7 Å². The standard InChI is InChI=1S/C13H14ClNO4S/c1-20(18,19)15-8-10(13(16)17)4-7-12(15)9-2-5-11(14)6-3-9/h2-6,12H,7-8H2,1H3,(H,16,17). The number of carboxylic acids is 1. The lowest BCUT2D eigenvalue weighted by molar-refractivity contribution is -0.133. The average Bonchev–Trinajstić information content (AvgIpc) is 2.38. The predicted octanol–water partition coefficient (Wildman–Crippen LogP) is 2.06. The molecule has 2 rings (SSSR count). The summed E-state index contributed by atoms with van der Waals surface area (Å²) in [5.41, 5.74) is 0.890. The first-order valence-corrected chi connectivity index (χ1v) is 8.16. The lowest BCUT2D eigenvalue weighted by Crippen LogP contribution is -2.39. The molecule has 1 aromatic rings. The zero-order valence-corrected chi connectivity index (χ0v) is 12.4. The number of aliphatic carboxylic acids is 1. The van der Waals surface area contributed by atoms with Gasteiger partial charge in [0.2, 0.25) is 10.0 Å². The van der Waals surface area contributed by atoms with Crippen LogP contribution in [0.4, 0.5) is 0 Å². The first-order chi connectivity index (χ1) is 9.29. The second-order valence-corrected chi connectivity index (χ2v) is 7.02. The highest BCUT2D eigenvalue weighted by atomic mass is 35.5. The number of sulfonamides is 1. The van der Waals surface area contributed by atoms with Crippen molar-refractivity contribution in [1.29, 1.82) is 0 Å². The quantitative estimate of drug-likeness (QED) is 0.926. The zero-order valence-electron chi connectivity index (χ0n) is 10.8. The number of hydrogen-bond acceptors (Lipinski definition) is 3. The van der Waals surface area contributed by atoms with E-state index in [-0.39, 0.29) is 12.1 Å². The van der Waals surface area contributed by atoms with Gasteiger partial charge < -0.3 is 5.11 Å². The number of nitrogens with zero attached hydrogens (tertiary/aromatic N) is 1. The fourth-order valence-electron chi connectivity index (χ4n) is 2.20. The predicted molar refractivity (Wildman–Crippen MR) is 76.1 cm³/mol. The van der Waals surface area contributed by atoms with E-state index < -0.39 is 22.0 Å². The molecule has 20 heavy (non-hydrogen) atoms. The Kier molecular flexibility index (Phi) is 4.17. The summed E-state index contributed by atoms with van der Waals surface area (Å²) in [5, 5.41) is 9.57. The highest BCUT2D eigenvalue weighted by Gasteiger charge is 2.32. The molecule has 108 valence electrons. The van der Waals surface area contributed by atoms with Gasteiger partial charge in [-0.1, -0.05) is 29.8 Å². The van der Waals surface area contributed by atoms with Crippen molar-refractivity contribution < 1.29 is 18.3 Å². The number of hydrogen-bond donors (Lipinski definition) is 1. The summed E-state index contributed by atoms with van der Waals surface area (Å²) >= 11 is 5.82. The van der Waals surface area contributed by atoms with Crippen LogP contribution < -0.4 is 0 Å². The van der Waals surface area contributed by atoms with Gasteiger partial charge in [0, 0.05) is 17.1 Å². The Morgan fingerprint density at radius 1 is 1.35 bits per heavy atom. The molecule has 5 nitrogen and oxygen atoms in total. The lowest BCUT2D eigenvalue weighted by Gasteiger charge is -2.32. The monoisotopic (exact) mass is 315 g/mol. The Balaban J connectivity index is 2.40. The number of carbonyl (C=O) groups is 1. The minimum Gasteiger partial charge on any atom is -0.478 e. The molecule has 1 unspecified atom stereocenters. The molecule has 0 bridgehead atoms. The number of rotatable bonds is 3. The van der Waals surface area contributed by atoms with Gasteiger partial charge in [-0.15, -0.1) is 0 Å². The Bertz CT molecular complexity index is 651. The van der Waals surface area contributed by atoms with E-state index >= 15 is 0 Å². The molecule has 1 heterocycles. The van der Waals surface area contributed by atoms with Crippen LogP contribution in [0.25, 0.3) is 0 Å². The second-order valence-electron chi connectivity index (χ2n) is 4.65. The maximum Gasteiger partial charge on any atom is 0.332 e. The van der Waals surface area contributed by atoms with Gasteiger partial charge >= 0.3 is 5.97 Å². The van der Waals surface area contributed by atoms with E-state index in [9.17, 15) is 13.2 Å². The van der Waals surface area contributed by atoms with Crippen molar-refractivity contribution in [2.75, 3.05) is 12.8 Å². The first-order valence-electron chi connectivity index (χ1n) is 5.93. The van der Waals surface area contributed by atoms with E-state index in [0.717, 1.165) is 11.8 Å². The smallest absolute Gasteiger partial charge is 0.332 e. The third-order valence-electron chi connectivity index (χ3n) is 3.22. The summed E-state index contributed by atoms with van der Waals surface area (Å²) < 4.78 is 25.0. The highest BCUT2D eigenvalue weighted by molar-refractivity contribution is 7.88. The molecule has 1 aliphatic heterocycles. The largest absolute Gasteiger partial charge is 0.478 e. The van der Waals surface area contributed by atoms with Gasteiger partial charge in [-0.05, 0) is 24.1 Å². The summed E-state index contributed by atoms with van der Waals surface area (Å²) in [4.78, 5) is 11.0. The van der Waals surface area contributed by atoms with E-state index in [2.05, 4.69) is 0 Å². The van der Waals surface area contributed by atoms with Crippen LogP contribution in [0, 0.1) is 0 Å². The van der Waals surface area contributed by atoms with Crippen LogP contribution >= 0.6 is 11.6 Å². The van der Waals surface area contributed by atoms with Crippen molar-refractivity contribution in [1.82, 2.24) is 4.31 Å². The maximum absolute atomic E-state index is 11.9.